The van der Waals surface area contributed by atoms with Crippen LogP contribution < -0.4 is 19.9 Å². The number of aromatic nitrogens is 5. The number of hydrogen-bond acceptors (Lipinski definition) is 14. The van der Waals surface area contributed by atoms with Crippen molar-refractivity contribution in [2.75, 3.05) is 57.9 Å². The van der Waals surface area contributed by atoms with Crippen LogP contribution >= 0.6 is 0 Å². The smallest absolute Gasteiger partial charge is 0.319 e. The number of pyridine rings is 3. The van der Waals surface area contributed by atoms with Gasteiger partial charge in [-0.3, -0.25) is 19.5 Å². The zero-order chi connectivity index (χ0) is 54.4. The third-order valence-corrected chi connectivity index (χ3v) is 15.5. The summed E-state index contributed by atoms with van der Waals surface area (Å²) in [6.07, 6.45) is 10.8. The zero-order valence-corrected chi connectivity index (χ0v) is 43.8. The number of benzene rings is 3. The Bertz CT molecular complexity index is 3640. The van der Waals surface area contributed by atoms with Crippen LogP contribution in [0.15, 0.2) is 71.7 Å². The molecule has 0 aliphatic carbocycles. The summed E-state index contributed by atoms with van der Waals surface area (Å²) in [7, 11) is 1.44. The van der Waals surface area contributed by atoms with Crippen molar-refractivity contribution in [3.05, 3.63) is 117 Å². The molecule has 16 nitrogen and oxygen atoms in total. The van der Waals surface area contributed by atoms with Gasteiger partial charge in [-0.05, 0) is 106 Å². The number of phenols is 1. The number of fused-ring (bicyclic) bond motifs is 7. The van der Waals surface area contributed by atoms with Crippen LogP contribution in [0.25, 0.3) is 55.2 Å². The normalized spacial score (nSPS) is 16.9. The number of ether oxygens (including phenoxy) is 3. The van der Waals surface area contributed by atoms with E-state index in [4.69, 9.17) is 30.6 Å². The quantitative estimate of drug-likeness (QED) is 0.0603. The Morgan fingerprint density at radius 3 is 2.49 bits per heavy atom. The van der Waals surface area contributed by atoms with E-state index in [2.05, 4.69) is 27.4 Å². The molecule has 2 N–H and O–H groups in total. The second-order valence-electron chi connectivity index (χ2n) is 19.9. The zero-order valence-electron chi connectivity index (χ0n) is 43.8. The van der Waals surface area contributed by atoms with Crippen LogP contribution in [0, 0.1) is 24.0 Å². The maximum absolute atomic E-state index is 17.3. The lowest BCUT2D eigenvalue weighted by molar-refractivity contribution is -0.128. The number of piperazine rings is 1. The van der Waals surface area contributed by atoms with Crippen molar-refractivity contribution in [2.45, 2.75) is 90.6 Å². The highest BCUT2D eigenvalue weighted by Crippen LogP contribution is 2.42. The highest BCUT2D eigenvalue weighted by molar-refractivity contribution is 6.03. The molecule has 0 saturated carbocycles. The molecule has 4 aliphatic rings. The van der Waals surface area contributed by atoms with Gasteiger partial charge in [0.1, 0.15) is 53.7 Å². The van der Waals surface area contributed by atoms with Gasteiger partial charge in [0.15, 0.2) is 12.1 Å². The van der Waals surface area contributed by atoms with Crippen LogP contribution in [0.4, 0.5) is 14.6 Å². The van der Waals surface area contributed by atoms with Gasteiger partial charge in [0.2, 0.25) is 0 Å². The summed E-state index contributed by atoms with van der Waals surface area (Å²) < 4.78 is 52.0. The number of terminal acetylenes is 1. The number of aldehydes is 1. The molecular weight excluding hydrogens is 987 g/mol. The number of aliphatic hydroxyl groups excluding tert-OH is 1. The first-order chi connectivity index (χ1) is 37.3. The second-order valence-corrected chi connectivity index (χ2v) is 19.9. The predicted molar refractivity (Wildman–Crippen MR) is 289 cm³/mol. The molecule has 3 aromatic carbocycles. The van der Waals surface area contributed by atoms with Crippen LogP contribution in [0.3, 0.4) is 0 Å². The van der Waals surface area contributed by atoms with Crippen molar-refractivity contribution >= 4 is 50.6 Å². The summed E-state index contributed by atoms with van der Waals surface area (Å²) in [5, 5.41) is 23.0. The van der Waals surface area contributed by atoms with Gasteiger partial charge in [0.25, 0.3) is 11.5 Å². The number of rotatable bonds is 14. The van der Waals surface area contributed by atoms with Crippen LogP contribution in [0.5, 0.6) is 17.5 Å². The third kappa shape index (κ3) is 9.19. The summed E-state index contributed by atoms with van der Waals surface area (Å²) in [6.45, 7) is 15.3. The fourth-order valence-corrected chi connectivity index (χ4v) is 11.9. The van der Waals surface area contributed by atoms with E-state index >= 15 is 8.78 Å². The lowest BCUT2D eigenvalue weighted by atomic mass is 9.95. The molecule has 2 atom stereocenters. The molecule has 0 spiro atoms. The fraction of sp³-hybridized carbons (Fsp3) is 0.373. The molecule has 4 aliphatic heterocycles. The number of carbonyl (C=O) groups excluding carboxylic acids is 2. The molecule has 4 aromatic heterocycles. The SMILES string of the molecule is C#Cc1c(F)ccc2cc(O)cc(-c3ncc4c(N5CCN(C(=O)C(=C)COc6ccc7nc8c(c(CC)c7c6)Cn6c-8cc(C(O)C=O)c(COC)c6=O)C[C@@H]5C)nc(OCC56CCCN5CCC6)nc4c3F)c12.CC. The minimum absolute atomic E-state index is 0.0171. The van der Waals surface area contributed by atoms with Crippen molar-refractivity contribution < 1.29 is 42.8 Å². The van der Waals surface area contributed by atoms with Crippen molar-refractivity contribution in [3.8, 4) is 52.5 Å². The highest BCUT2D eigenvalue weighted by Gasteiger charge is 2.45. The summed E-state index contributed by atoms with van der Waals surface area (Å²) in [6, 6.07) is 12.1. The van der Waals surface area contributed by atoms with Crippen LogP contribution in [0.1, 0.15) is 87.3 Å². The van der Waals surface area contributed by atoms with E-state index in [-0.39, 0.29) is 112 Å². The number of aliphatic hydroxyl groups is 1. The van der Waals surface area contributed by atoms with Crippen molar-refractivity contribution in [1.82, 2.24) is 34.3 Å². The molecule has 18 heteroatoms. The van der Waals surface area contributed by atoms with Crippen molar-refractivity contribution in [1.29, 1.82) is 0 Å². The fourth-order valence-electron chi connectivity index (χ4n) is 11.9. The molecule has 3 saturated heterocycles. The van der Waals surface area contributed by atoms with Gasteiger partial charge >= 0.3 is 6.01 Å². The first-order valence-corrected chi connectivity index (χ1v) is 26.1. The Morgan fingerprint density at radius 1 is 1.00 bits per heavy atom. The van der Waals surface area contributed by atoms with Crippen LogP contribution in [0.2, 0.25) is 0 Å². The van der Waals surface area contributed by atoms with Crippen LogP contribution in [-0.2, 0) is 33.9 Å². The number of anilines is 1. The van der Waals surface area contributed by atoms with E-state index in [1.54, 1.807) is 21.6 Å². The van der Waals surface area contributed by atoms with E-state index in [9.17, 15) is 24.6 Å². The maximum Gasteiger partial charge on any atom is 0.319 e. The lowest BCUT2D eigenvalue weighted by Gasteiger charge is -2.41. The topological polar surface area (TPSA) is 186 Å². The van der Waals surface area contributed by atoms with Gasteiger partial charge in [-0.15, -0.1) is 6.42 Å². The number of nitrogens with zero attached hydrogens (tertiary/aromatic N) is 8. The monoisotopic (exact) mass is 1050 g/mol. The van der Waals surface area contributed by atoms with Gasteiger partial charge in [-0.2, -0.15) is 9.97 Å². The average molecular weight is 1050 g/mol. The summed E-state index contributed by atoms with van der Waals surface area (Å²) in [5.74, 6) is 1.26. The van der Waals surface area contributed by atoms with Gasteiger partial charge in [-0.25, -0.2) is 13.8 Å². The summed E-state index contributed by atoms with van der Waals surface area (Å²) in [5.41, 5.74) is 3.40. The molecular formula is C59H60F2N8O8. The van der Waals surface area contributed by atoms with Crippen molar-refractivity contribution in [2.24, 2.45) is 0 Å². The highest BCUT2D eigenvalue weighted by atomic mass is 19.1. The molecule has 77 heavy (non-hydrogen) atoms. The number of halogens is 2. The predicted octanol–water partition coefficient (Wildman–Crippen LogP) is 8.20. The maximum atomic E-state index is 17.3. The number of aromatic hydroxyl groups is 1. The second kappa shape index (κ2) is 21.3. The largest absolute Gasteiger partial charge is 0.508 e. The molecule has 7 aromatic rings. The van der Waals surface area contributed by atoms with Gasteiger partial charge in [0.05, 0.1) is 46.5 Å². The van der Waals surface area contributed by atoms with Gasteiger partial charge < -0.3 is 43.6 Å². The average Bonchev–Trinajstić information content (AvgIpc) is 4.24. The minimum Gasteiger partial charge on any atom is -0.508 e. The molecule has 0 radical (unpaired) electrons. The first kappa shape index (κ1) is 52.6. The van der Waals surface area contributed by atoms with E-state index in [0.717, 1.165) is 55.3 Å². The molecule has 8 heterocycles. The lowest BCUT2D eigenvalue weighted by Crippen LogP contribution is -2.54. The van der Waals surface area contributed by atoms with E-state index in [1.807, 2.05) is 44.7 Å². The number of phenolic OH excluding ortho intramolecular Hbond substituents is 1. The van der Waals surface area contributed by atoms with Gasteiger partial charge in [0, 0.05) is 77.6 Å². The Kier molecular flexibility index (Phi) is 14.5. The molecule has 3 fully saturated rings. The van der Waals surface area contributed by atoms with Gasteiger partial charge in [-0.1, -0.05) is 39.3 Å². The first-order valence-electron chi connectivity index (χ1n) is 26.1. The summed E-state index contributed by atoms with van der Waals surface area (Å²) >= 11 is 0. The number of carbonyl (C=O) groups is 2. The Morgan fingerprint density at radius 2 is 1.78 bits per heavy atom. The number of amides is 1. The number of hydrogen-bond donors (Lipinski definition) is 2. The molecule has 1 amide bonds. The molecule has 1 unspecified atom stereocenters. The molecule has 398 valence electrons. The Hall–Kier alpha value is -7.85. The molecule has 11 rings (SSSR count). The summed E-state index contributed by atoms with van der Waals surface area (Å²) in [4.78, 5) is 64.7. The number of aryl methyl sites for hydroxylation is 1. The Balaban J connectivity index is 0.00000332. The van der Waals surface area contributed by atoms with E-state index < -0.39 is 17.7 Å². The standard InChI is InChI=1S/C57H54F2N8O8.C2H6/c1-6-36-38-22-35(11-13-45(38)61-50-42(36)26-67-46(50)23-39(47(70)27-68)43(29-73-5)55(67)72)74-28-31(3)54(71)64-18-19-66(32(4)25-64)53-41-24-60-51(40-21-34(69)20-33-10-12-44(58)37(7-2)48(33)40)49(59)52(41)62-56(63-53)75-30-57-14-8-16-65(57)17-9-15-57;1-2/h2,10-13,20-24,27,32,47,69-70H,3,6,8-9,14-19,25-26,28-30H2,1,4-5H3;1-2H3/t32-,47?;/m0./s1. The minimum atomic E-state index is -1.50. The van der Waals surface area contributed by atoms with E-state index in [0.29, 0.717) is 65.1 Å². The molecule has 0 bridgehead atoms. The van der Waals surface area contributed by atoms with Crippen molar-refractivity contribution in [3.63, 3.8) is 0 Å². The Labute approximate surface area is 443 Å². The van der Waals surface area contributed by atoms with Crippen LogP contribution in [-0.4, -0.2) is 121 Å². The van der Waals surface area contributed by atoms with E-state index in [1.165, 1.54) is 37.6 Å². The third-order valence-electron chi connectivity index (χ3n) is 15.5. The number of methoxy groups -OCH3 is 1.